The number of carbonyl (C=O) groups excluding carboxylic acids is 1. The highest BCUT2D eigenvalue weighted by atomic mass is 35.5. The molecule has 0 bridgehead atoms. The van der Waals surface area contributed by atoms with E-state index in [9.17, 15) is 13.2 Å². The van der Waals surface area contributed by atoms with Gasteiger partial charge in [-0.3, -0.25) is 4.72 Å². The number of esters is 1. The Morgan fingerprint density at radius 2 is 2.00 bits per heavy atom. The lowest BCUT2D eigenvalue weighted by molar-refractivity contribution is 0.0595. The summed E-state index contributed by atoms with van der Waals surface area (Å²) in [6.07, 6.45) is 0. The number of nitrogens with one attached hydrogen (secondary N) is 1. The molecule has 0 saturated heterocycles. The van der Waals surface area contributed by atoms with Gasteiger partial charge < -0.3 is 4.74 Å². The van der Waals surface area contributed by atoms with E-state index in [4.69, 9.17) is 11.6 Å². The van der Waals surface area contributed by atoms with E-state index in [1.165, 1.54) is 31.4 Å². The fourth-order valence-corrected chi connectivity index (χ4v) is 3.25. The molecule has 10 heteroatoms. The highest BCUT2D eigenvalue weighted by molar-refractivity contribution is 7.93. The number of anilines is 1. The van der Waals surface area contributed by atoms with Gasteiger partial charge in [0.1, 0.15) is 0 Å². The zero-order chi connectivity index (χ0) is 14.8. The maximum Gasteiger partial charge on any atom is 0.361 e. The quantitative estimate of drug-likeness (QED) is 0.856. The van der Waals surface area contributed by atoms with E-state index in [-0.39, 0.29) is 15.6 Å². The number of halogens is 1. The second-order valence-electron chi connectivity index (χ2n) is 3.50. The summed E-state index contributed by atoms with van der Waals surface area (Å²) in [4.78, 5) is 11.4. The topological polar surface area (TPSA) is 98.2 Å². The Hall–Kier alpha value is -1.71. The maximum absolute atomic E-state index is 12.1. The van der Waals surface area contributed by atoms with Crippen molar-refractivity contribution in [2.24, 2.45) is 0 Å². The molecular weight excluding hydrogens is 326 g/mol. The molecule has 2 rings (SSSR count). The number of methoxy groups -OCH3 is 1. The van der Waals surface area contributed by atoms with Crippen LogP contribution in [0.1, 0.15) is 10.5 Å². The lowest BCUT2D eigenvalue weighted by Gasteiger charge is -2.06. The first-order chi connectivity index (χ1) is 9.44. The molecule has 0 amide bonds. The van der Waals surface area contributed by atoms with Gasteiger partial charge in [-0.25, -0.2) is 13.2 Å². The Bertz CT molecular complexity index is 727. The molecule has 1 N–H and O–H groups in total. The summed E-state index contributed by atoms with van der Waals surface area (Å²) in [5, 5.41) is 3.93. The zero-order valence-electron chi connectivity index (χ0n) is 10.0. The second kappa shape index (κ2) is 5.73. The van der Waals surface area contributed by atoms with Crippen LogP contribution in [-0.2, 0) is 14.8 Å². The lowest BCUT2D eigenvalue weighted by Crippen LogP contribution is -2.15. The van der Waals surface area contributed by atoms with Crippen molar-refractivity contribution in [3.8, 4) is 0 Å². The van der Waals surface area contributed by atoms with E-state index in [1.54, 1.807) is 0 Å². The third kappa shape index (κ3) is 3.06. The number of hydrogen-bond donors (Lipinski definition) is 1. The van der Waals surface area contributed by atoms with E-state index in [2.05, 4.69) is 19.0 Å². The van der Waals surface area contributed by atoms with Gasteiger partial charge in [0.05, 0.1) is 12.0 Å². The third-order valence-corrected chi connectivity index (χ3v) is 4.61. The van der Waals surface area contributed by atoms with E-state index in [1.807, 2.05) is 0 Å². The number of hydrogen-bond acceptors (Lipinski definition) is 7. The Kier molecular flexibility index (Phi) is 4.21. The summed E-state index contributed by atoms with van der Waals surface area (Å²) in [6.45, 7) is 0. The van der Waals surface area contributed by atoms with Crippen LogP contribution in [0.5, 0.6) is 0 Å². The van der Waals surface area contributed by atoms with Crippen LogP contribution in [0.15, 0.2) is 29.2 Å². The van der Waals surface area contributed by atoms with Crippen molar-refractivity contribution in [1.29, 1.82) is 0 Å². The molecule has 0 unspecified atom stereocenters. The van der Waals surface area contributed by atoms with E-state index < -0.39 is 16.0 Å². The molecule has 0 aliphatic rings. The first-order valence-electron chi connectivity index (χ1n) is 5.13. The molecule has 1 aromatic carbocycles. The molecule has 1 aromatic heterocycles. The van der Waals surface area contributed by atoms with Gasteiger partial charge >= 0.3 is 5.97 Å². The monoisotopic (exact) mass is 333 g/mol. The Balaban J connectivity index is 2.32. The second-order valence-corrected chi connectivity index (χ2v) is 6.37. The Labute approximate surface area is 123 Å². The van der Waals surface area contributed by atoms with Gasteiger partial charge in [-0.1, -0.05) is 16.1 Å². The molecule has 1 heterocycles. The number of carbonyl (C=O) groups is 1. The predicted molar refractivity (Wildman–Crippen MR) is 73.5 cm³/mol. The summed E-state index contributed by atoms with van der Waals surface area (Å²) in [6, 6.07) is 5.58. The number of rotatable bonds is 4. The van der Waals surface area contributed by atoms with Crippen molar-refractivity contribution < 1.29 is 17.9 Å². The molecule has 7 nitrogen and oxygen atoms in total. The number of benzene rings is 1. The van der Waals surface area contributed by atoms with Crippen molar-refractivity contribution in [2.45, 2.75) is 4.90 Å². The smallest absolute Gasteiger partial charge is 0.361 e. The standard InChI is InChI=1S/C10H8ClN3O4S2/c1-18-10(15)8-9(19-14-12-8)13-20(16,17)7-4-2-6(11)3-5-7/h2-5,13H,1H3. The highest BCUT2D eigenvalue weighted by Gasteiger charge is 2.22. The first-order valence-corrected chi connectivity index (χ1v) is 7.76. The van der Waals surface area contributed by atoms with Gasteiger partial charge in [0.15, 0.2) is 5.00 Å². The van der Waals surface area contributed by atoms with Crippen LogP contribution in [0.25, 0.3) is 0 Å². The Morgan fingerprint density at radius 3 is 2.60 bits per heavy atom. The van der Waals surface area contributed by atoms with Crippen molar-refractivity contribution in [3.05, 3.63) is 35.0 Å². The van der Waals surface area contributed by atoms with Crippen LogP contribution >= 0.6 is 23.1 Å². The predicted octanol–water partition coefficient (Wildman–Crippen LogP) is 1.78. The SMILES string of the molecule is COC(=O)c1nnsc1NS(=O)(=O)c1ccc(Cl)cc1. The van der Waals surface area contributed by atoms with Crippen molar-refractivity contribution in [2.75, 3.05) is 11.8 Å². The molecule has 0 aliphatic carbocycles. The molecule has 0 radical (unpaired) electrons. The van der Waals surface area contributed by atoms with Crippen LogP contribution in [0, 0.1) is 0 Å². The van der Waals surface area contributed by atoms with Gasteiger partial charge in [0, 0.05) is 16.6 Å². The van der Waals surface area contributed by atoms with Gasteiger partial charge in [-0.2, -0.15) is 0 Å². The molecule has 2 aromatic rings. The molecule has 20 heavy (non-hydrogen) atoms. The number of ether oxygens (including phenoxy) is 1. The maximum atomic E-state index is 12.1. The van der Waals surface area contributed by atoms with E-state index >= 15 is 0 Å². The Morgan fingerprint density at radius 1 is 1.35 bits per heavy atom. The summed E-state index contributed by atoms with van der Waals surface area (Å²) >= 11 is 6.44. The van der Waals surface area contributed by atoms with Crippen molar-refractivity contribution in [1.82, 2.24) is 9.59 Å². The minimum atomic E-state index is -3.85. The summed E-state index contributed by atoms with van der Waals surface area (Å²) in [5.41, 5.74) is -0.185. The normalized spacial score (nSPS) is 11.1. The third-order valence-electron chi connectivity index (χ3n) is 2.22. The van der Waals surface area contributed by atoms with Crippen LogP contribution in [-0.4, -0.2) is 31.1 Å². The van der Waals surface area contributed by atoms with Crippen LogP contribution in [0.2, 0.25) is 5.02 Å². The zero-order valence-corrected chi connectivity index (χ0v) is 12.4. The first kappa shape index (κ1) is 14.7. The molecule has 0 aliphatic heterocycles. The van der Waals surface area contributed by atoms with E-state index in [0.29, 0.717) is 5.02 Å². The average Bonchev–Trinajstić information content (AvgIpc) is 2.85. The van der Waals surface area contributed by atoms with E-state index in [0.717, 1.165) is 11.5 Å². The summed E-state index contributed by atoms with van der Waals surface area (Å²) in [5.74, 6) is -0.771. The minimum absolute atomic E-state index is 0.00566. The van der Waals surface area contributed by atoms with Crippen molar-refractivity contribution >= 4 is 44.1 Å². The molecule has 0 atom stereocenters. The lowest BCUT2D eigenvalue weighted by atomic mass is 10.4. The van der Waals surface area contributed by atoms with Crippen LogP contribution in [0.3, 0.4) is 0 Å². The van der Waals surface area contributed by atoms with Gasteiger partial charge in [-0.15, -0.1) is 5.10 Å². The fourth-order valence-electron chi connectivity index (χ4n) is 1.28. The highest BCUT2D eigenvalue weighted by Crippen LogP contribution is 2.23. The number of sulfonamides is 1. The van der Waals surface area contributed by atoms with Gasteiger partial charge in [-0.05, 0) is 24.3 Å². The molecule has 106 valence electrons. The molecule has 0 fully saturated rings. The average molecular weight is 334 g/mol. The minimum Gasteiger partial charge on any atom is -0.464 e. The molecule has 0 saturated carbocycles. The number of aromatic nitrogens is 2. The molecular formula is C10H8ClN3O4S2. The van der Waals surface area contributed by atoms with Crippen LogP contribution < -0.4 is 4.72 Å². The van der Waals surface area contributed by atoms with Crippen LogP contribution in [0.4, 0.5) is 5.00 Å². The summed E-state index contributed by atoms with van der Waals surface area (Å²) in [7, 11) is -2.68. The molecule has 0 spiro atoms. The van der Waals surface area contributed by atoms with Crippen molar-refractivity contribution in [3.63, 3.8) is 0 Å². The number of nitrogens with zero attached hydrogens (tertiary/aromatic N) is 2. The van der Waals surface area contributed by atoms with Gasteiger partial charge in [0.2, 0.25) is 5.69 Å². The fraction of sp³-hybridized carbons (Fsp3) is 0.100. The van der Waals surface area contributed by atoms with Gasteiger partial charge in [0.25, 0.3) is 10.0 Å². The largest absolute Gasteiger partial charge is 0.464 e. The summed E-state index contributed by atoms with van der Waals surface area (Å²) < 4.78 is 34.5.